The van der Waals surface area contributed by atoms with Crippen LogP contribution in [0.3, 0.4) is 0 Å². The van der Waals surface area contributed by atoms with Gasteiger partial charge in [0.2, 0.25) is 0 Å². The van der Waals surface area contributed by atoms with Crippen LogP contribution in [-0.2, 0) is 17.9 Å². The molecule has 0 saturated heterocycles. The van der Waals surface area contributed by atoms with Crippen LogP contribution in [0.1, 0.15) is 12.7 Å². The van der Waals surface area contributed by atoms with Gasteiger partial charge in [0.05, 0.1) is 23.0 Å². The monoisotopic (exact) mass is 314 g/mol. The Morgan fingerprint density at radius 3 is 3.13 bits per heavy atom. The summed E-state index contributed by atoms with van der Waals surface area (Å²) in [4.78, 5) is 9.05. The van der Waals surface area contributed by atoms with E-state index >= 15 is 0 Å². The van der Waals surface area contributed by atoms with Gasteiger partial charge in [-0.1, -0.05) is 6.07 Å². The lowest BCUT2D eigenvalue weighted by atomic mass is 10.1. The highest BCUT2D eigenvalue weighted by atomic mass is 16.5. The Morgan fingerprint density at radius 2 is 2.30 bits per heavy atom. The van der Waals surface area contributed by atoms with Gasteiger partial charge in [-0.25, -0.2) is 9.97 Å². The third kappa shape index (κ3) is 2.20. The summed E-state index contributed by atoms with van der Waals surface area (Å²) in [6, 6.07) is 5.64. The minimum Gasteiger partial charge on any atom is -0.490 e. The van der Waals surface area contributed by atoms with Gasteiger partial charge in [0.25, 0.3) is 0 Å². The highest BCUT2D eigenvalue weighted by molar-refractivity contribution is 6.09. The summed E-state index contributed by atoms with van der Waals surface area (Å²) in [5, 5.41) is 11.1. The number of imidazole rings is 1. The minimum atomic E-state index is -0.634. The Bertz CT molecular complexity index is 890. The van der Waals surface area contributed by atoms with Crippen molar-refractivity contribution in [2.24, 2.45) is 0 Å². The average Bonchev–Trinajstić information content (AvgIpc) is 2.88. The Hall–Kier alpha value is -2.38. The number of aliphatic hydroxyl groups is 1. The molecule has 120 valence electrons. The summed E-state index contributed by atoms with van der Waals surface area (Å²) >= 11 is 0. The van der Waals surface area contributed by atoms with Gasteiger partial charge in [-0.2, -0.15) is 0 Å². The first-order chi connectivity index (χ1) is 11.2. The largest absolute Gasteiger partial charge is 0.490 e. The molecule has 3 heterocycles. The lowest BCUT2D eigenvalue weighted by Gasteiger charge is -2.20. The maximum absolute atomic E-state index is 10.2. The molecule has 23 heavy (non-hydrogen) atoms. The van der Waals surface area contributed by atoms with Crippen LogP contribution >= 0.6 is 0 Å². The number of rotatable bonds is 3. The second-order valence-electron chi connectivity index (χ2n) is 5.59. The van der Waals surface area contributed by atoms with E-state index in [1.165, 1.54) is 0 Å². The predicted octanol–water partition coefficient (Wildman–Crippen LogP) is 1.46. The molecule has 0 bridgehead atoms. The molecule has 1 aromatic carbocycles. The second-order valence-corrected chi connectivity index (χ2v) is 5.59. The standard InChI is InChI=1S/C16H18N4O3/c1-2-22-8-12-19-14-15-13-10(18-16(14)17)4-3-5-11(13)23-7-9(21)6-20(12)15/h3-5,9,21H,2,6-8H2,1H3,(H2,17,18)/t9-/m0/s1. The molecule has 7 nitrogen and oxygen atoms in total. The van der Waals surface area contributed by atoms with Crippen molar-refractivity contribution < 1.29 is 14.6 Å². The topological polar surface area (TPSA) is 95.4 Å². The summed E-state index contributed by atoms with van der Waals surface area (Å²) in [6.07, 6.45) is -0.634. The zero-order chi connectivity index (χ0) is 16.0. The van der Waals surface area contributed by atoms with E-state index < -0.39 is 6.10 Å². The number of nitrogens with zero attached hydrogens (tertiary/aromatic N) is 3. The van der Waals surface area contributed by atoms with E-state index in [1.807, 2.05) is 29.7 Å². The van der Waals surface area contributed by atoms with E-state index in [0.29, 0.717) is 36.8 Å². The number of nitrogens with two attached hydrogens (primary N) is 1. The smallest absolute Gasteiger partial charge is 0.152 e. The zero-order valence-corrected chi connectivity index (χ0v) is 12.8. The number of hydrogen-bond acceptors (Lipinski definition) is 6. The Labute approximate surface area is 132 Å². The average molecular weight is 314 g/mol. The van der Waals surface area contributed by atoms with Crippen molar-refractivity contribution in [2.45, 2.75) is 26.2 Å². The Kier molecular flexibility index (Phi) is 3.32. The van der Waals surface area contributed by atoms with Gasteiger partial charge in [0, 0.05) is 6.61 Å². The highest BCUT2D eigenvalue weighted by Gasteiger charge is 2.23. The van der Waals surface area contributed by atoms with Gasteiger partial charge < -0.3 is 24.9 Å². The summed E-state index contributed by atoms with van der Waals surface area (Å²) in [7, 11) is 0. The molecule has 0 aliphatic carbocycles. The van der Waals surface area contributed by atoms with Crippen molar-refractivity contribution in [3.05, 3.63) is 24.0 Å². The fraction of sp³-hybridized carbons (Fsp3) is 0.375. The molecule has 0 unspecified atom stereocenters. The molecule has 0 spiro atoms. The van der Waals surface area contributed by atoms with Gasteiger partial charge >= 0.3 is 0 Å². The highest BCUT2D eigenvalue weighted by Crippen LogP contribution is 2.36. The Balaban J connectivity index is 2.10. The molecule has 1 aliphatic rings. The van der Waals surface area contributed by atoms with E-state index in [0.717, 1.165) is 22.2 Å². The first-order valence-electron chi connectivity index (χ1n) is 7.65. The molecule has 0 fully saturated rings. The number of pyridine rings is 1. The van der Waals surface area contributed by atoms with Crippen LogP contribution in [0, 0.1) is 0 Å². The number of aliphatic hydroxyl groups excluding tert-OH is 1. The van der Waals surface area contributed by atoms with E-state index in [9.17, 15) is 5.11 Å². The lowest BCUT2D eigenvalue weighted by molar-refractivity contribution is 0.0867. The van der Waals surface area contributed by atoms with Gasteiger partial charge in [-0.05, 0) is 19.1 Å². The summed E-state index contributed by atoms with van der Waals surface area (Å²) in [5.41, 5.74) is 8.32. The summed E-state index contributed by atoms with van der Waals surface area (Å²) in [5.74, 6) is 1.79. The van der Waals surface area contributed by atoms with E-state index in [-0.39, 0.29) is 6.61 Å². The molecule has 1 atom stereocenters. The third-order valence-electron chi connectivity index (χ3n) is 4.03. The predicted molar refractivity (Wildman–Crippen MR) is 86.3 cm³/mol. The first kappa shape index (κ1) is 14.2. The Morgan fingerprint density at radius 1 is 1.43 bits per heavy atom. The van der Waals surface area contributed by atoms with Crippen LogP contribution in [0.15, 0.2) is 18.2 Å². The molecular formula is C16H18N4O3. The van der Waals surface area contributed by atoms with Crippen LogP contribution in [0.2, 0.25) is 0 Å². The lowest BCUT2D eigenvalue weighted by Crippen LogP contribution is -2.26. The summed E-state index contributed by atoms with van der Waals surface area (Å²) in [6.45, 7) is 3.49. The molecule has 0 amide bonds. The van der Waals surface area contributed by atoms with Crippen molar-refractivity contribution in [2.75, 3.05) is 18.9 Å². The van der Waals surface area contributed by atoms with Crippen LogP contribution in [-0.4, -0.2) is 39.0 Å². The molecule has 0 saturated carbocycles. The fourth-order valence-corrected chi connectivity index (χ4v) is 3.03. The van der Waals surface area contributed by atoms with Gasteiger partial charge in [0.1, 0.15) is 36.4 Å². The van der Waals surface area contributed by atoms with Crippen LogP contribution in [0.4, 0.5) is 5.82 Å². The maximum atomic E-state index is 10.2. The molecule has 2 aromatic heterocycles. The molecule has 3 N–H and O–H groups in total. The first-order valence-corrected chi connectivity index (χ1v) is 7.65. The van der Waals surface area contributed by atoms with Gasteiger partial charge in [-0.3, -0.25) is 0 Å². The maximum Gasteiger partial charge on any atom is 0.152 e. The number of ether oxygens (including phenoxy) is 2. The number of aromatic nitrogens is 3. The van der Waals surface area contributed by atoms with E-state index in [2.05, 4.69) is 9.97 Å². The molecule has 1 aliphatic heterocycles. The normalized spacial score (nSPS) is 17.4. The van der Waals surface area contributed by atoms with Crippen LogP contribution in [0.25, 0.3) is 21.9 Å². The molecule has 7 heteroatoms. The minimum absolute atomic E-state index is 0.219. The van der Waals surface area contributed by atoms with Crippen molar-refractivity contribution in [3.8, 4) is 5.75 Å². The van der Waals surface area contributed by atoms with Crippen LogP contribution < -0.4 is 10.5 Å². The number of hydrogen-bond donors (Lipinski definition) is 2. The molecular weight excluding hydrogens is 296 g/mol. The number of benzene rings is 1. The third-order valence-corrected chi connectivity index (χ3v) is 4.03. The molecule has 4 rings (SSSR count). The molecule has 3 aromatic rings. The fourth-order valence-electron chi connectivity index (χ4n) is 3.03. The SMILES string of the molecule is CCOCc1nc2c(N)nc3cccc4c3c2n1C[C@H](O)CO4. The van der Waals surface area contributed by atoms with Crippen molar-refractivity contribution in [1.29, 1.82) is 0 Å². The quantitative estimate of drug-likeness (QED) is 0.760. The van der Waals surface area contributed by atoms with Gasteiger partial charge in [0.15, 0.2) is 5.82 Å². The van der Waals surface area contributed by atoms with E-state index in [1.54, 1.807) is 0 Å². The van der Waals surface area contributed by atoms with Crippen molar-refractivity contribution >= 4 is 27.8 Å². The number of nitrogen functional groups attached to an aromatic ring is 1. The van der Waals surface area contributed by atoms with Crippen molar-refractivity contribution in [1.82, 2.24) is 14.5 Å². The zero-order valence-electron chi connectivity index (χ0n) is 12.8. The second kappa shape index (κ2) is 5.36. The summed E-state index contributed by atoms with van der Waals surface area (Å²) < 4.78 is 13.2. The van der Waals surface area contributed by atoms with Crippen LogP contribution in [0.5, 0.6) is 5.75 Å². The number of anilines is 1. The van der Waals surface area contributed by atoms with Gasteiger partial charge in [-0.15, -0.1) is 0 Å². The van der Waals surface area contributed by atoms with Crippen molar-refractivity contribution in [3.63, 3.8) is 0 Å². The molecule has 0 radical (unpaired) electrons. The van der Waals surface area contributed by atoms with E-state index in [4.69, 9.17) is 15.2 Å².